The molecule has 2 aromatic carbocycles. The third kappa shape index (κ3) is 3.90. The molecular formula is C21H13F3N2O2S2. The van der Waals surface area contributed by atoms with Crippen LogP contribution in [-0.2, 0) is 4.79 Å². The van der Waals surface area contributed by atoms with Crippen LogP contribution in [0.1, 0.15) is 23.0 Å². The first-order valence-electron chi connectivity index (χ1n) is 8.72. The minimum Gasteiger partial charge on any atom is -0.289 e. The normalized spacial score (nSPS) is 14.7. The second-order valence-electron chi connectivity index (χ2n) is 6.43. The molecule has 0 fully saturated rings. The molecule has 0 aliphatic carbocycles. The summed E-state index contributed by atoms with van der Waals surface area (Å²) in [5.74, 6) is -2.52. The van der Waals surface area contributed by atoms with Gasteiger partial charge in [0.25, 0.3) is 0 Å². The number of benzene rings is 2. The van der Waals surface area contributed by atoms with E-state index in [4.69, 9.17) is 0 Å². The standard InChI is InChI=1S/C21H13F3N2O2S2/c1-11(27)26(18-4-2-14(23)8-17(18)24)21-25-15(10-30-21)6-12-9-29-19-5-3-13(22)7-16(19)20(12)28/h2-8,10H,9H2,1H3. The van der Waals surface area contributed by atoms with Gasteiger partial charge in [-0.05, 0) is 36.4 Å². The van der Waals surface area contributed by atoms with Gasteiger partial charge >= 0.3 is 0 Å². The number of hydrogen-bond acceptors (Lipinski definition) is 5. The number of nitrogens with zero attached hydrogens (tertiary/aromatic N) is 2. The number of fused-ring (bicyclic) bond motifs is 1. The monoisotopic (exact) mass is 446 g/mol. The van der Waals surface area contributed by atoms with E-state index in [-0.39, 0.29) is 16.6 Å². The Morgan fingerprint density at radius 1 is 1.13 bits per heavy atom. The predicted octanol–water partition coefficient (Wildman–Crippen LogP) is 5.62. The van der Waals surface area contributed by atoms with Crippen molar-refractivity contribution in [3.63, 3.8) is 0 Å². The summed E-state index contributed by atoms with van der Waals surface area (Å²) in [4.78, 5) is 30.9. The van der Waals surface area contributed by atoms with Crippen LogP contribution < -0.4 is 4.90 Å². The highest BCUT2D eigenvalue weighted by Crippen LogP contribution is 2.35. The van der Waals surface area contributed by atoms with Crippen LogP contribution in [0.25, 0.3) is 6.08 Å². The van der Waals surface area contributed by atoms with Crippen molar-refractivity contribution in [3.05, 3.63) is 76.1 Å². The van der Waals surface area contributed by atoms with Crippen LogP contribution in [0.2, 0.25) is 0 Å². The minimum atomic E-state index is -0.891. The third-order valence-electron chi connectivity index (χ3n) is 4.35. The van der Waals surface area contributed by atoms with Crippen molar-refractivity contribution in [2.45, 2.75) is 11.8 Å². The Bertz CT molecular complexity index is 1210. The van der Waals surface area contributed by atoms with Crippen LogP contribution >= 0.6 is 23.1 Å². The van der Waals surface area contributed by atoms with E-state index in [1.54, 1.807) is 17.5 Å². The summed E-state index contributed by atoms with van der Waals surface area (Å²) in [6.45, 7) is 1.25. The molecule has 0 unspecified atom stereocenters. The second-order valence-corrected chi connectivity index (χ2v) is 8.29. The van der Waals surface area contributed by atoms with E-state index in [9.17, 15) is 22.8 Å². The van der Waals surface area contributed by atoms with E-state index < -0.39 is 23.4 Å². The fourth-order valence-corrected chi connectivity index (χ4v) is 4.83. The van der Waals surface area contributed by atoms with Crippen molar-refractivity contribution in [2.24, 2.45) is 0 Å². The summed E-state index contributed by atoms with van der Waals surface area (Å²) >= 11 is 2.50. The van der Waals surface area contributed by atoms with Crippen molar-refractivity contribution in [3.8, 4) is 0 Å². The number of hydrogen-bond donors (Lipinski definition) is 0. The van der Waals surface area contributed by atoms with Gasteiger partial charge in [-0.1, -0.05) is 0 Å². The van der Waals surface area contributed by atoms with E-state index in [2.05, 4.69) is 4.98 Å². The largest absolute Gasteiger partial charge is 0.289 e. The van der Waals surface area contributed by atoms with E-state index in [0.29, 0.717) is 33.5 Å². The molecule has 0 bridgehead atoms. The van der Waals surface area contributed by atoms with Crippen molar-refractivity contribution in [1.82, 2.24) is 4.98 Å². The Balaban J connectivity index is 1.66. The van der Waals surface area contributed by atoms with E-state index in [0.717, 1.165) is 22.3 Å². The van der Waals surface area contributed by atoms with Gasteiger partial charge in [0, 0.05) is 40.2 Å². The van der Waals surface area contributed by atoms with Gasteiger partial charge in [0.1, 0.15) is 17.5 Å². The summed E-state index contributed by atoms with van der Waals surface area (Å²) in [6, 6.07) is 7.01. The van der Waals surface area contributed by atoms with Crippen molar-refractivity contribution < 1.29 is 22.8 Å². The summed E-state index contributed by atoms with van der Waals surface area (Å²) in [7, 11) is 0. The number of thioether (sulfide) groups is 1. The van der Waals surface area contributed by atoms with Crippen molar-refractivity contribution in [1.29, 1.82) is 0 Å². The topological polar surface area (TPSA) is 50.3 Å². The third-order valence-corrected chi connectivity index (χ3v) is 6.32. The summed E-state index contributed by atoms with van der Waals surface area (Å²) in [5.41, 5.74) is 1.03. The van der Waals surface area contributed by atoms with Gasteiger partial charge in [0.2, 0.25) is 5.91 Å². The molecule has 1 aliphatic rings. The van der Waals surface area contributed by atoms with Gasteiger partial charge < -0.3 is 0 Å². The lowest BCUT2D eigenvalue weighted by Crippen LogP contribution is -2.23. The van der Waals surface area contributed by atoms with Crippen LogP contribution in [0, 0.1) is 17.5 Å². The molecule has 1 amide bonds. The van der Waals surface area contributed by atoms with Crippen LogP contribution in [0.3, 0.4) is 0 Å². The van der Waals surface area contributed by atoms with E-state index in [1.165, 1.54) is 36.9 Å². The molecule has 0 saturated heterocycles. The van der Waals surface area contributed by atoms with E-state index in [1.807, 2.05) is 0 Å². The molecule has 3 aromatic rings. The molecule has 1 aliphatic heterocycles. The van der Waals surface area contributed by atoms with Crippen molar-refractivity contribution >= 4 is 51.7 Å². The molecule has 30 heavy (non-hydrogen) atoms. The SMILES string of the molecule is CC(=O)N(c1nc(C=C2CSc3ccc(F)cc3C2=O)cs1)c1ccc(F)cc1F. The maximum atomic E-state index is 14.2. The maximum absolute atomic E-state index is 14.2. The highest BCUT2D eigenvalue weighted by Gasteiger charge is 2.25. The molecule has 0 atom stereocenters. The smallest absolute Gasteiger partial charge is 0.230 e. The van der Waals surface area contributed by atoms with Crippen LogP contribution in [0.15, 0.2) is 52.2 Å². The fourth-order valence-electron chi connectivity index (χ4n) is 3.00. The number of ketones is 1. The zero-order valence-corrected chi connectivity index (χ0v) is 17.1. The summed E-state index contributed by atoms with van der Waals surface area (Å²) in [6.07, 6.45) is 1.57. The zero-order chi connectivity index (χ0) is 21.4. The Morgan fingerprint density at radius 3 is 2.60 bits per heavy atom. The predicted molar refractivity (Wildman–Crippen MR) is 111 cm³/mol. The summed E-state index contributed by atoms with van der Waals surface area (Å²) in [5, 5.41) is 1.81. The summed E-state index contributed by atoms with van der Waals surface area (Å²) < 4.78 is 41.0. The molecule has 9 heteroatoms. The molecule has 0 spiro atoms. The molecule has 0 radical (unpaired) electrons. The first-order chi connectivity index (χ1) is 14.3. The van der Waals surface area contributed by atoms with Crippen LogP contribution in [-0.4, -0.2) is 22.4 Å². The van der Waals surface area contributed by atoms with Crippen LogP contribution in [0.4, 0.5) is 24.0 Å². The van der Waals surface area contributed by atoms with Gasteiger partial charge in [0.15, 0.2) is 10.9 Å². The molecule has 4 nitrogen and oxygen atoms in total. The van der Waals surface area contributed by atoms with Gasteiger partial charge in [0.05, 0.1) is 11.4 Å². The van der Waals surface area contributed by atoms with Gasteiger partial charge in [-0.25, -0.2) is 18.2 Å². The maximum Gasteiger partial charge on any atom is 0.230 e. The first kappa shape index (κ1) is 20.4. The Kier molecular flexibility index (Phi) is 5.48. The molecule has 4 rings (SSSR count). The fraction of sp³-hybridized carbons (Fsp3) is 0.0952. The molecule has 1 aromatic heterocycles. The number of rotatable bonds is 3. The molecule has 0 N–H and O–H groups in total. The van der Waals surface area contributed by atoms with E-state index >= 15 is 0 Å². The Hall–Kier alpha value is -2.91. The van der Waals surface area contributed by atoms with Gasteiger partial charge in [-0.2, -0.15) is 0 Å². The van der Waals surface area contributed by atoms with Crippen molar-refractivity contribution in [2.75, 3.05) is 10.7 Å². The first-order valence-corrected chi connectivity index (χ1v) is 10.6. The number of aromatic nitrogens is 1. The average Bonchev–Trinajstić information content (AvgIpc) is 3.14. The Morgan fingerprint density at radius 2 is 1.87 bits per heavy atom. The lowest BCUT2D eigenvalue weighted by atomic mass is 10.0. The van der Waals surface area contributed by atoms with Crippen LogP contribution in [0.5, 0.6) is 0 Å². The number of thiazole rings is 1. The molecule has 0 saturated carbocycles. The zero-order valence-electron chi connectivity index (χ0n) is 15.5. The molecular weight excluding hydrogens is 433 g/mol. The van der Waals surface area contributed by atoms with Gasteiger partial charge in [-0.3, -0.25) is 14.5 Å². The number of anilines is 2. The number of halogens is 3. The number of carbonyl (C=O) groups is 2. The number of amides is 1. The number of Topliss-reactive ketones (excluding diaryl/α,β-unsaturated/α-hetero) is 1. The highest BCUT2D eigenvalue weighted by atomic mass is 32.2. The van der Waals surface area contributed by atoms with Gasteiger partial charge in [-0.15, -0.1) is 23.1 Å². The second kappa shape index (κ2) is 8.08. The molecule has 2 heterocycles. The Labute approximate surface area is 178 Å². The lowest BCUT2D eigenvalue weighted by Gasteiger charge is -2.18. The molecule has 152 valence electrons. The minimum absolute atomic E-state index is 0.119. The average molecular weight is 446 g/mol. The highest BCUT2D eigenvalue weighted by molar-refractivity contribution is 7.99. The lowest BCUT2D eigenvalue weighted by molar-refractivity contribution is -0.115. The number of carbonyl (C=O) groups excluding carboxylic acids is 2. The quantitative estimate of drug-likeness (QED) is 0.490.